The largest absolute Gasteiger partial charge is 0.337 e. The summed E-state index contributed by atoms with van der Waals surface area (Å²) in [5, 5.41) is 0. The SMILES string of the molecule is CCN(Cc1cccc(C)n1)C(=O)C1(CN)CCC1. The van der Waals surface area contributed by atoms with Crippen molar-refractivity contribution in [1.82, 2.24) is 9.88 Å². The zero-order chi connectivity index (χ0) is 13.9. The fourth-order valence-corrected chi connectivity index (χ4v) is 2.65. The number of aryl methyl sites for hydroxylation is 1. The van der Waals surface area contributed by atoms with E-state index in [9.17, 15) is 4.79 Å². The lowest BCUT2D eigenvalue weighted by Gasteiger charge is -2.42. The number of pyridine rings is 1. The predicted octanol–water partition coefficient (Wildman–Crippen LogP) is 1.87. The second-order valence-electron chi connectivity index (χ2n) is 5.43. The van der Waals surface area contributed by atoms with Crippen LogP contribution in [0.5, 0.6) is 0 Å². The fourth-order valence-electron chi connectivity index (χ4n) is 2.65. The minimum atomic E-state index is -0.292. The number of amides is 1. The summed E-state index contributed by atoms with van der Waals surface area (Å²) in [6, 6.07) is 5.92. The van der Waals surface area contributed by atoms with Crippen molar-refractivity contribution in [2.75, 3.05) is 13.1 Å². The summed E-state index contributed by atoms with van der Waals surface area (Å²) in [6.07, 6.45) is 2.98. The van der Waals surface area contributed by atoms with Gasteiger partial charge < -0.3 is 10.6 Å². The maximum Gasteiger partial charge on any atom is 0.230 e. The summed E-state index contributed by atoms with van der Waals surface area (Å²) in [4.78, 5) is 19.0. The van der Waals surface area contributed by atoms with E-state index in [0.717, 1.165) is 30.7 Å². The van der Waals surface area contributed by atoms with Gasteiger partial charge in [0.15, 0.2) is 0 Å². The molecule has 104 valence electrons. The van der Waals surface area contributed by atoms with E-state index in [1.165, 1.54) is 0 Å². The molecule has 0 unspecified atom stereocenters. The first kappa shape index (κ1) is 14.0. The van der Waals surface area contributed by atoms with E-state index in [1.54, 1.807) is 0 Å². The summed E-state index contributed by atoms with van der Waals surface area (Å²) in [5.41, 5.74) is 7.46. The third-order valence-electron chi connectivity index (χ3n) is 4.12. The standard InChI is InChI=1S/C15H23N3O/c1-3-18(10-13-7-4-6-12(2)17-13)14(19)15(11-16)8-5-9-15/h4,6-7H,3,5,8-11,16H2,1-2H3. The van der Waals surface area contributed by atoms with Crippen LogP contribution in [0.4, 0.5) is 0 Å². The average molecular weight is 261 g/mol. The van der Waals surface area contributed by atoms with Crippen LogP contribution in [0.25, 0.3) is 0 Å². The molecule has 4 nitrogen and oxygen atoms in total. The quantitative estimate of drug-likeness (QED) is 0.880. The van der Waals surface area contributed by atoms with Gasteiger partial charge in [-0.3, -0.25) is 9.78 Å². The van der Waals surface area contributed by atoms with E-state index in [1.807, 2.05) is 36.9 Å². The second kappa shape index (κ2) is 5.70. The first-order valence-electron chi connectivity index (χ1n) is 7.03. The van der Waals surface area contributed by atoms with Crippen molar-refractivity contribution in [2.24, 2.45) is 11.1 Å². The first-order chi connectivity index (χ1) is 9.11. The van der Waals surface area contributed by atoms with Crippen LogP contribution in [0.15, 0.2) is 18.2 Å². The van der Waals surface area contributed by atoms with Crippen LogP contribution < -0.4 is 5.73 Å². The highest BCUT2D eigenvalue weighted by Gasteiger charge is 2.44. The Balaban J connectivity index is 2.10. The Bertz CT molecular complexity index is 449. The molecule has 0 aromatic carbocycles. The highest BCUT2D eigenvalue weighted by molar-refractivity contribution is 5.83. The maximum absolute atomic E-state index is 12.6. The molecule has 0 saturated heterocycles. The third kappa shape index (κ3) is 2.78. The van der Waals surface area contributed by atoms with Gasteiger partial charge in [-0.1, -0.05) is 12.5 Å². The van der Waals surface area contributed by atoms with Gasteiger partial charge in [-0.15, -0.1) is 0 Å². The van der Waals surface area contributed by atoms with Crippen molar-refractivity contribution in [3.8, 4) is 0 Å². The Hall–Kier alpha value is -1.42. The van der Waals surface area contributed by atoms with Crippen molar-refractivity contribution in [2.45, 2.75) is 39.7 Å². The number of hydrogen-bond acceptors (Lipinski definition) is 3. The molecular weight excluding hydrogens is 238 g/mol. The van der Waals surface area contributed by atoms with Crippen molar-refractivity contribution >= 4 is 5.91 Å². The van der Waals surface area contributed by atoms with Gasteiger partial charge in [0.2, 0.25) is 5.91 Å². The van der Waals surface area contributed by atoms with Crippen molar-refractivity contribution in [3.63, 3.8) is 0 Å². The molecule has 1 aliphatic rings. The number of rotatable bonds is 5. The summed E-state index contributed by atoms with van der Waals surface area (Å²) in [7, 11) is 0. The van der Waals surface area contributed by atoms with E-state index in [4.69, 9.17) is 5.73 Å². The molecule has 2 rings (SSSR count). The van der Waals surface area contributed by atoms with Gasteiger partial charge in [-0.25, -0.2) is 0 Å². The molecule has 1 aromatic rings. The number of carbonyl (C=O) groups is 1. The van der Waals surface area contributed by atoms with E-state index < -0.39 is 0 Å². The molecule has 19 heavy (non-hydrogen) atoms. The molecular formula is C15H23N3O. The van der Waals surface area contributed by atoms with Crippen LogP contribution in [0, 0.1) is 12.3 Å². The minimum Gasteiger partial charge on any atom is -0.337 e. The number of nitrogens with zero attached hydrogens (tertiary/aromatic N) is 2. The van der Waals surface area contributed by atoms with Crippen molar-refractivity contribution in [1.29, 1.82) is 0 Å². The average Bonchev–Trinajstić information content (AvgIpc) is 2.35. The van der Waals surface area contributed by atoms with E-state index in [2.05, 4.69) is 4.98 Å². The summed E-state index contributed by atoms with van der Waals surface area (Å²) >= 11 is 0. The highest BCUT2D eigenvalue weighted by atomic mass is 16.2. The molecule has 4 heteroatoms. The summed E-state index contributed by atoms with van der Waals surface area (Å²) in [5.74, 6) is 0.201. The number of nitrogens with two attached hydrogens (primary N) is 1. The van der Waals surface area contributed by atoms with E-state index in [-0.39, 0.29) is 11.3 Å². The van der Waals surface area contributed by atoms with Gasteiger partial charge in [0.05, 0.1) is 17.7 Å². The molecule has 1 heterocycles. The number of hydrogen-bond donors (Lipinski definition) is 1. The lowest BCUT2D eigenvalue weighted by molar-refractivity contribution is -0.147. The summed E-state index contributed by atoms with van der Waals surface area (Å²) in [6.45, 7) is 5.73. The monoisotopic (exact) mass is 261 g/mol. The number of aromatic nitrogens is 1. The smallest absolute Gasteiger partial charge is 0.230 e. The lowest BCUT2D eigenvalue weighted by atomic mass is 9.68. The Morgan fingerprint density at radius 1 is 1.47 bits per heavy atom. The molecule has 0 aliphatic heterocycles. The molecule has 2 N–H and O–H groups in total. The Morgan fingerprint density at radius 3 is 2.68 bits per heavy atom. The van der Waals surface area contributed by atoms with Crippen LogP contribution in [-0.4, -0.2) is 28.9 Å². The maximum atomic E-state index is 12.6. The van der Waals surface area contributed by atoms with Crippen LogP contribution in [0.1, 0.15) is 37.6 Å². The van der Waals surface area contributed by atoms with Gasteiger partial charge in [-0.05, 0) is 38.8 Å². The molecule has 1 aliphatic carbocycles. The van der Waals surface area contributed by atoms with Crippen molar-refractivity contribution < 1.29 is 4.79 Å². The van der Waals surface area contributed by atoms with Gasteiger partial charge in [0.1, 0.15) is 0 Å². The van der Waals surface area contributed by atoms with Crippen LogP contribution in [0.2, 0.25) is 0 Å². The minimum absolute atomic E-state index is 0.201. The zero-order valence-electron chi connectivity index (χ0n) is 11.9. The van der Waals surface area contributed by atoms with Gasteiger partial charge in [0.25, 0.3) is 0 Å². The molecule has 0 atom stereocenters. The van der Waals surface area contributed by atoms with E-state index in [0.29, 0.717) is 19.6 Å². The number of carbonyl (C=O) groups excluding carboxylic acids is 1. The second-order valence-corrected chi connectivity index (χ2v) is 5.43. The molecule has 1 amide bonds. The molecule has 1 fully saturated rings. The normalized spacial score (nSPS) is 16.8. The van der Waals surface area contributed by atoms with Crippen LogP contribution in [-0.2, 0) is 11.3 Å². The topological polar surface area (TPSA) is 59.2 Å². The first-order valence-corrected chi connectivity index (χ1v) is 7.03. The van der Waals surface area contributed by atoms with Crippen molar-refractivity contribution in [3.05, 3.63) is 29.6 Å². The molecule has 1 saturated carbocycles. The fraction of sp³-hybridized carbons (Fsp3) is 0.600. The van der Waals surface area contributed by atoms with E-state index >= 15 is 0 Å². The molecule has 0 bridgehead atoms. The highest BCUT2D eigenvalue weighted by Crippen LogP contribution is 2.41. The Kier molecular flexibility index (Phi) is 4.20. The van der Waals surface area contributed by atoms with Gasteiger partial charge in [-0.2, -0.15) is 0 Å². The molecule has 1 aromatic heterocycles. The lowest BCUT2D eigenvalue weighted by Crippen LogP contribution is -2.51. The Morgan fingerprint density at radius 2 is 2.21 bits per heavy atom. The van der Waals surface area contributed by atoms with Gasteiger partial charge in [0, 0.05) is 18.8 Å². The van der Waals surface area contributed by atoms with Crippen LogP contribution in [0.3, 0.4) is 0 Å². The predicted molar refractivity (Wildman–Crippen MR) is 75.4 cm³/mol. The Labute approximate surface area is 115 Å². The van der Waals surface area contributed by atoms with Crippen LogP contribution >= 0.6 is 0 Å². The molecule has 0 spiro atoms. The van der Waals surface area contributed by atoms with Gasteiger partial charge >= 0.3 is 0 Å². The third-order valence-corrected chi connectivity index (χ3v) is 4.12. The zero-order valence-corrected chi connectivity index (χ0v) is 11.9. The summed E-state index contributed by atoms with van der Waals surface area (Å²) < 4.78 is 0. The molecule has 0 radical (unpaired) electrons.